The molecule has 3 aromatic carbocycles. The van der Waals surface area contributed by atoms with Gasteiger partial charge in [-0.1, -0.05) is 129 Å². The molecule has 45 heavy (non-hydrogen) atoms. The summed E-state index contributed by atoms with van der Waals surface area (Å²) in [5, 5.41) is 0. The summed E-state index contributed by atoms with van der Waals surface area (Å²) in [4.78, 5) is 0. The summed E-state index contributed by atoms with van der Waals surface area (Å²) in [6.07, 6.45) is 9.16. The van der Waals surface area contributed by atoms with Gasteiger partial charge in [-0.15, -0.1) is 5.56 Å². The van der Waals surface area contributed by atoms with Gasteiger partial charge in [0.05, 0.1) is 0 Å². The summed E-state index contributed by atoms with van der Waals surface area (Å²) < 4.78 is 1.55. The standard InChI is InChI=1S/C21H25.C12H19.C9H10.2ClH.Zr/c1-20(2,3)16-9-7-14-11-15-8-10-17(21(4,5)6)13-19(15)18(14)12-16;1-6-10-7-9(2)8-11(10)12(3,4)5;1-2-6-9-7-4-3-5-8-9;;;/h7,9-10,12-13H,11H2,1-6H3;8-9H,6H2,1-5H3;3-5,7-8H,2H2,1H3;2*1H;/q2*-1;;;;+2/p-2. The summed E-state index contributed by atoms with van der Waals surface area (Å²) in [5.74, 6) is 0.522. The Bertz CT molecular complexity index is 1410. The molecule has 0 heterocycles. The molecule has 0 fully saturated rings. The van der Waals surface area contributed by atoms with E-state index in [9.17, 15) is 0 Å². The van der Waals surface area contributed by atoms with Crippen molar-refractivity contribution in [2.45, 2.75) is 113 Å². The van der Waals surface area contributed by atoms with Crippen LogP contribution < -0.4 is 24.8 Å². The van der Waals surface area contributed by atoms with Crippen molar-refractivity contribution in [3.8, 4) is 11.1 Å². The SMILES string of the molecule is CC(C)(C)c1c[c-]c2c(c1)-c1cc(C(C)(C)C)ccc1C2.CCC1=[C-]C(C)C=C1C(C)(C)C.CC[C](=[Zr+2])c1ccccc1.[Cl-].[Cl-]. The molecule has 0 aromatic heterocycles. The minimum atomic E-state index is 0. The molecule has 2 aliphatic rings. The molecule has 0 aliphatic heterocycles. The first-order valence-corrected chi connectivity index (χ1v) is 17.3. The summed E-state index contributed by atoms with van der Waals surface area (Å²) in [5.41, 5.74) is 13.4. The summed E-state index contributed by atoms with van der Waals surface area (Å²) in [6.45, 7) is 27.1. The average molecular weight is 721 g/mol. The van der Waals surface area contributed by atoms with E-state index >= 15 is 0 Å². The van der Waals surface area contributed by atoms with Crippen LogP contribution in [0.25, 0.3) is 11.1 Å². The molecule has 0 spiro atoms. The Morgan fingerprint density at radius 3 is 1.84 bits per heavy atom. The summed E-state index contributed by atoms with van der Waals surface area (Å²) in [7, 11) is 0. The van der Waals surface area contributed by atoms with Crippen LogP contribution in [0.3, 0.4) is 0 Å². The van der Waals surface area contributed by atoms with Crippen molar-refractivity contribution in [3.05, 3.63) is 118 Å². The van der Waals surface area contributed by atoms with Crippen LogP contribution in [0.4, 0.5) is 0 Å². The number of hydrogen-bond donors (Lipinski definition) is 0. The van der Waals surface area contributed by atoms with Crippen LogP contribution in [0.5, 0.6) is 0 Å². The van der Waals surface area contributed by atoms with Crippen molar-refractivity contribution in [3.63, 3.8) is 0 Å². The second-order valence-electron chi connectivity index (χ2n) is 15.1. The molecule has 0 amide bonds. The Labute approximate surface area is 303 Å². The first-order chi connectivity index (χ1) is 20.0. The van der Waals surface area contributed by atoms with E-state index < -0.39 is 0 Å². The van der Waals surface area contributed by atoms with E-state index in [0.717, 1.165) is 12.8 Å². The molecule has 0 N–H and O–H groups in total. The topological polar surface area (TPSA) is 0 Å². The van der Waals surface area contributed by atoms with Crippen LogP contribution in [0.15, 0.2) is 77.9 Å². The van der Waals surface area contributed by atoms with Crippen LogP contribution in [-0.2, 0) is 41.5 Å². The minimum absolute atomic E-state index is 0. The fourth-order valence-corrected chi connectivity index (χ4v) is 5.98. The molecule has 2 aliphatic carbocycles. The van der Waals surface area contributed by atoms with Crippen molar-refractivity contribution in [2.75, 3.05) is 0 Å². The Balaban J connectivity index is 0.000000362. The van der Waals surface area contributed by atoms with Crippen molar-refractivity contribution in [1.82, 2.24) is 0 Å². The molecule has 1 atom stereocenters. The Morgan fingerprint density at radius 1 is 0.778 bits per heavy atom. The maximum Gasteiger partial charge on any atom is -1.00 e. The van der Waals surface area contributed by atoms with Gasteiger partial charge in [0, 0.05) is 0 Å². The summed E-state index contributed by atoms with van der Waals surface area (Å²) >= 11 is 1.54. The third kappa shape index (κ3) is 11.3. The van der Waals surface area contributed by atoms with Gasteiger partial charge in [-0.3, -0.25) is 6.08 Å². The van der Waals surface area contributed by atoms with Gasteiger partial charge in [0.15, 0.2) is 0 Å². The molecular formula is C42H54Cl2Zr-2. The largest absolute Gasteiger partial charge is 1.00 e. The Morgan fingerprint density at radius 2 is 1.36 bits per heavy atom. The third-order valence-electron chi connectivity index (χ3n) is 8.31. The maximum absolute atomic E-state index is 3.53. The van der Waals surface area contributed by atoms with Gasteiger partial charge in [-0.2, -0.15) is 41.0 Å². The molecule has 1 unspecified atom stereocenters. The van der Waals surface area contributed by atoms with Gasteiger partial charge < -0.3 is 24.8 Å². The second-order valence-corrected chi connectivity index (χ2v) is 16.6. The van der Waals surface area contributed by atoms with Crippen molar-refractivity contribution < 1.29 is 49.0 Å². The molecule has 0 radical (unpaired) electrons. The van der Waals surface area contributed by atoms with Crippen LogP contribution >= 0.6 is 0 Å². The van der Waals surface area contributed by atoms with Crippen molar-refractivity contribution in [2.24, 2.45) is 11.3 Å². The minimum Gasteiger partial charge on any atom is -1.00 e. The van der Waals surface area contributed by atoms with Crippen LogP contribution in [-0.4, -0.2) is 3.21 Å². The zero-order valence-electron chi connectivity index (χ0n) is 29.8. The van der Waals surface area contributed by atoms with Gasteiger partial charge in [0.1, 0.15) is 0 Å². The molecule has 0 bridgehead atoms. The first kappa shape index (κ1) is 41.5. The van der Waals surface area contributed by atoms with Gasteiger partial charge >= 0.3 is 76.7 Å². The third-order valence-corrected chi connectivity index (χ3v) is 9.89. The number of hydrogen-bond acceptors (Lipinski definition) is 0. The van der Waals surface area contributed by atoms with Crippen molar-refractivity contribution in [1.29, 1.82) is 0 Å². The number of rotatable bonds is 3. The molecule has 0 nitrogen and oxygen atoms in total. The second kappa shape index (κ2) is 17.0. The molecule has 0 saturated carbocycles. The Kier molecular flexibility index (Phi) is 15.7. The number of allylic oxidation sites excluding steroid dienone is 4. The number of fused-ring (bicyclic) bond motifs is 3. The van der Waals surface area contributed by atoms with E-state index in [1.54, 1.807) is 3.21 Å². The molecule has 0 saturated heterocycles. The zero-order valence-corrected chi connectivity index (χ0v) is 33.8. The van der Waals surface area contributed by atoms with Gasteiger partial charge in [-0.05, 0) is 17.4 Å². The maximum atomic E-state index is 3.53. The first-order valence-electron chi connectivity index (χ1n) is 16.1. The molecule has 242 valence electrons. The van der Waals surface area contributed by atoms with E-state index in [1.807, 2.05) is 0 Å². The summed E-state index contributed by atoms with van der Waals surface area (Å²) in [6, 6.07) is 25.7. The quantitative estimate of drug-likeness (QED) is 0.243. The van der Waals surface area contributed by atoms with Gasteiger partial charge in [0.2, 0.25) is 0 Å². The van der Waals surface area contributed by atoms with E-state index in [-0.39, 0.29) is 35.6 Å². The van der Waals surface area contributed by atoms with E-state index in [0.29, 0.717) is 11.3 Å². The molecule has 3 heteroatoms. The van der Waals surface area contributed by atoms with E-state index in [2.05, 4.69) is 162 Å². The number of benzene rings is 3. The number of halogens is 2. The van der Waals surface area contributed by atoms with Crippen LogP contribution in [0.1, 0.15) is 124 Å². The van der Waals surface area contributed by atoms with E-state index in [4.69, 9.17) is 0 Å². The smallest absolute Gasteiger partial charge is 1.00 e. The predicted octanol–water partition coefficient (Wildman–Crippen LogP) is 5.57. The van der Waals surface area contributed by atoms with Gasteiger partial charge in [-0.25, -0.2) is 5.57 Å². The Hall–Kier alpha value is -1.53. The average Bonchev–Trinajstić information content (AvgIpc) is 3.52. The van der Waals surface area contributed by atoms with Crippen molar-refractivity contribution >= 4 is 3.21 Å². The molecule has 3 aromatic rings. The molecule has 5 rings (SSSR count). The van der Waals surface area contributed by atoms with E-state index in [1.165, 1.54) is 80.7 Å². The van der Waals surface area contributed by atoms with Gasteiger partial charge in [0.25, 0.3) is 0 Å². The fourth-order valence-electron chi connectivity index (χ4n) is 5.57. The predicted molar refractivity (Wildman–Crippen MR) is 186 cm³/mol. The monoisotopic (exact) mass is 718 g/mol. The van der Waals surface area contributed by atoms with Crippen LogP contribution in [0.2, 0.25) is 0 Å². The van der Waals surface area contributed by atoms with Crippen LogP contribution in [0, 0.1) is 23.5 Å². The zero-order chi connectivity index (χ0) is 32.2. The fraction of sp³-hybridized carbons (Fsp3) is 0.452. The normalized spacial score (nSPS) is 15.0. The molecular weight excluding hydrogens is 667 g/mol.